The smallest absolute Gasteiger partial charge is 0.339 e. The Bertz CT molecular complexity index is 446. The molecule has 5 nitrogen and oxygen atoms in total. The van der Waals surface area contributed by atoms with Crippen molar-refractivity contribution in [3.63, 3.8) is 0 Å². The Morgan fingerprint density at radius 1 is 1.65 bits per heavy atom. The van der Waals surface area contributed by atoms with E-state index in [2.05, 4.69) is 16.8 Å². The lowest BCUT2D eigenvalue weighted by Gasteiger charge is -2.29. The van der Waals surface area contributed by atoms with Gasteiger partial charge in [-0.3, -0.25) is 4.90 Å². The highest BCUT2D eigenvalue weighted by molar-refractivity contribution is 5.94. The molecule has 2 rings (SSSR count). The molecular weight excluding hydrogens is 218 g/mol. The molecule has 92 valence electrons. The van der Waals surface area contributed by atoms with Gasteiger partial charge in [-0.25, -0.2) is 9.78 Å². The Labute approximate surface area is 100 Å². The zero-order chi connectivity index (χ0) is 12.4. The minimum atomic E-state index is -0.976. The van der Waals surface area contributed by atoms with Crippen LogP contribution >= 0.6 is 0 Å². The third-order valence-corrected chi connectivity index (χ3v) is 3.13. The van der Waals surface area contributed by atoms with Crippen molar-refractivity contribution < 1.29 is 9.90 Å². The Morgan fingerprint density at radius 2 is 2.41 bits per heavy atom. The van der Waals surface area contributed by atoms with E-state index in [0.29, 0.717) is 0 Å². The van der Waals surface area contributed by atoms with Gasteiger partial charge in [-0.05, 0) is 30.5 Å². The van der Waals surface area contributed by atoms with Crippen LogP contribution < -0.4 is 5.73 Å². The van der Waals surface area contributed by atoms with Gasteiger partial charge in [0.05, 0.1) is 0 Å². The minimum Gasteiger partial charge on any atom is -0.478 e. The summed E-state index contributed by atoms with van der Waals surface area (Å²) < 4.78 is 0. The van der Waals surface area contributed by atoms with E-state index >= 15 is 0 Å². The van der Waals surface area contributed by atoms with Gasteiger partial charge in [0.2, 0.25) is 0 Å². The summed E-state index contributed by atoms with van der Waals surface area (Å²) in [6.45, 7) is 4.84. The third kappa shape index (κ3) is 2.24. The molecule has 0 aliphatic carbocycles. The average Bonchev–Trinajstić information content (AvgIpc) is 2.29. The van der Waals surface area contributed by atoms with E-state index in [1.165, 1.54) is 0 Å². The van der Waals surface area contributed by atoms with Crippen molar-refractivity contribution in [3.8, 4) is 0 Å². The van der Waals surface area contributed by atoms with E-state index in [4.69, 9.17) is 10.8 Å². The van der Waals surface area contributed by atoms with Crippen molar-refractivity contribution in [2.24, 2.45) is 0 Å². The molecule has 3 N–H and O–H groups in total. The summed E-state index contributed by atoms with van der Waals surface area (Å²) in [5.41, 5.74) is 7.68. The molecule has 0 bridgehead atoms. The summed E-state index contributed by atoms with van der Waals surface area (Å²) in [7, 11) is 0. The van der Waals surface area contributed by atoms with E-state index in [0.717, 1.165) is 43.6 Å². The number of aromatic carboxylic acids is 1. The molecule has 5 heteroatoms. The highest BCUT2D eigenvalue weighted by Crippen LogP contribution is 2.25. The summed E-state index contributed by atoms with van der Waals surface area (Å²) in [5, 5.41) is 9.16. The number of carboxylic acids is 1. The fourth-order valence-corrected chi connectivity index (χ4v) is 2.36. The van der Waals surface area contributed by atoms with Crippen molar-refractivity contribution in [2.75, 3.05) is 18.8 Å². The highest BCUT2D eigenvalue weighted by atomic mass is 16.4. The van der Waals surface area contributed by atoms with Gasteiger partial charge in [0.1, 0.15) is 11.4 Å². The van der Waals surface area contributed by atoms with Gasteiger partial charge in [-0.1, -0.05) is 6.92 Å². The molecular formula is C12H17N3O2. The number of anilines is 1. The van der Waals surface area contributed by atoms with Crippen molar-refractivity contribution in [1.82, 2.24) is 9.88 Å². The number of pyridine rings is 1. The van der Waals surface area contributed by atoms with E-state index < -0.39 is 5.97 Å². The van der Waals surface area contributed by atoms with Gasteiger partial charge in [0, 0.05) is 19.3 Å². The number of carboxylic acid groups (broad SMARTS) is 1. The Morgan fingerprint density at radius 3 is 3.06 bits per heavy atom. The first-order valence-electron chi connectivity index (χ1n) is 5.85. The van der Waals surface area contributed by atoms with Crippen LogP contribution in [0.15, 0.2) is 6.20 Å². The van der Waals surface area contributed by atoms with E-state index in [1.807, 2.05) is 0 Å². The number of hydrogen-bond donors (Lipinski definition) is 2. The minimum absolute atomic E-state index is 0.125. The largest absolute Gasteiger partial charge is 0.478 e. The molecule has 1 aliphatic rings. The number of aromatic nitrogens is 1. The van der Waals surface area contributed by atoms with Gasteiger partial charge < -0.3 is 10.8 Å². The van der Waals surface area contributed by atoms with Crippen LogP contribution in [0.2, 0.25) is 0 Å². The van der Waals surface area contributed by atoms with Crippen molar-refractivity contribution >= 4 is 11.8 Å². The number of carbonyl (C=O) groups is 1. The predicted molar refractivity (Wildman–Crippen MR) is 64.9 cm³/mol. The molecule has 0 amide bonds. The number of fused-ring (bicyclic) bond motifs is 1. The summed E-state index contributed by atoms with van der Waals surface area (Å²) >= 11 is 0. The van der Waals surface area contributed by atoms with Gasteiger partial charge in [0.25, 0.3) is 0 Å². The molecule has 0 atom stereocenters. The van der Waals surface area contributed by atoms with Crippen LogP contribution in [0.1, 0.15) is 34.8 Å². The zero-order valence-electron chi connectivity index (χ0n) is 9.94. The zero-order valence-corrected chi connectivity index (χ0v) is 9.94. The van der Waals surface area contributed by atoms with Gasteiger partial charge in [0.15, 0.2) is 0 Å². The maximum absolute atomic E-state index is 11.2. The molecule has 1 aromatic rings. The number of hydrogen-bond acceptors (Lipinski definition) is 4. The second kappa shape index (κ2) is 4.71. The van der Waals surface area contributed by atoms with E-state index in [-0.39, 0.29) is 11.4 Å². The van der Waals surface area contributed by atoms with Crippen LogP contribution in [0.5, 0.6) is 0 Å². The first kappa shape index (κ1) is 11.9. The molecule has 2 heterocycles. The van der Waals surface area contributed by atoms with Gasteiger partial charge >= 0.3 is 5.97 Å². The molecule has 0 saturated carbocycles. The number of nitrogens with two attached hydrogens (primary N) is 1. The fourth-order valence-electron chi connectivity index (χ4n) is 2.36. The average molecular weight is 235 g/mol. The highest BCUT2D eigenvalue weighted by Gasteiger charge is 2.23. The summed E-state index contributed by atoms with van der Waals surface area (Å²) in [6.07, 6.45) is 3.55. The van der Waals surface area contributed by atoms with Crippen LogP contribution in [-0.2, 0) is 13.0 Å². The molecule has 0 saturated heterocycles. The van der Waals surface area contributed by atoms with Crippen molar-refractivity contribution in [3.05, 3.63) is 22.9 Å². The standard InChI is InChI=1S/C12H17N3O2/c1-2-4-15-5-3-9-8(7-15)6-14-11(13)10(9)12(16)17/h6H,2-5,7H2,1H3,(H2,13,14)(H,16,17). The molecule has 0 radical (unpaired) electrons. The molecule has 0 fully saturated rings. The van der Waals surface area contributed by atoms with Crippen molar-refractivity contribution in [2.45, 2.75) is 26.3 Å². The SMILES string of the molecule is CCCN1CCc2c(cnc(N)c2C(=O)O)C1. The topological polar surface area (TPSA) is 79.5 Å². The second-order valence-corrected chi connectivity index (χ2v) is 4.35. The van der Waals surface area contributed by atoms with Crippen LogP contribution in [-0.4, -0.2) is 34.0 Å². The summed E-state index contributed by atoms with van der Waals surface area (Å²) in [5.74, 6) is -0.851. The quantitative estimate of drug-likeness (QED) is 0.821. The molecule has 17 heavy (non-hydrogen) atoms. The summed E-state index contributed by atoms with van der Waals surface area (Å²) in [4.78, 5) is 17.5. The van der Waals surface area contributed by atoms with Crippen LogP contribution in [0.4, 0.5) is 5.82 Å². The lowest BCUT2D eigenvalue weighted by Crippen LogP contribution is -2.32. The monoisotopic (exact) mass is 235 g/mol. The maximum atomic E-state index is 11.2. The predicted octanol–water partition coefficient (Wildman–Crippen LogP) is 1.13. The Kier molecular flexibility index (Phi) is 3.28. The molecule has 0 unspecified atom stereocenters. The fraction of sp³-hybridized carbons (Fsp3) is 0.500. The number of rotatable bonds is 3. The van der Waals surface area contributed by atoms with Gasteiger partial charge in [-0.15, -0.1) is 0 Å². The molecule has 1 aliphatic heterocycles. The van der Waals surface area contributed by atoms with Gasteiger partial charge in [-0.2, -0.15) is 0 Å². The lowest BCUT2D eigenvalue weighted by molar-refractivity contribution is 0.0695. The Hall–Kier alpha value is -1.62. The molecule has 0 aromatic carbocycles. The van der Waals surface area contributed by atoms with Crippen LogP contribution in [0.25, 0.3) is 0 Å². The first-order chi connectivity index (χ1) is 8.13. The van der Waals surface area contributed by atoms with E-state index in [9.17, 15) is 4.79 Å². The summed E-state index contributed by atoms with van der Waals surface area (Å²) in [6, 6.07) is 0. The van der Waals surface area contributed by atoms with Crippen LogP contribution in [0.3, 0.4) is 0 Å². The molecule has 1 aromatic heterocycles. The maximum Gasteiger partial charge on any atom is 0.339 e. The normalized spacial score (nSPS) is 15.6. The van der Waals surface area contributed by atoms with E-state index in [1.54, 1.807) is 6.20 Å². The third-order valence-electron chi connectivity index (χ3n) is 3.13. The lowest BCUT2D eigenvalue weighted by atomic mass is 9.96. The second-order valence-electron chi connectivity index (χ2n) is 4.35. The number of nitrogen functional groups attached to an aromatic ring is 1. The molecule has 0 spiro atoms. The Balaban J connectivity index is 2.35. The number of nitrogens with zero attached hydrogens (tertiary/aromatic N) is 2. The first-order valence-corrected chi connectivity index (χ1v) is 5.85. The van der Waals surface area contributed by atoms with Crippen molar-refractivity contribution in [1.29, 1.82) is 0 Å². The van der Waals surface area contributed by atoms with Crippen LogP contribution in [0, 0.1) is 0 Å².